The van der Waals surface area contributed by atoms with Crippen LogP contribution in [-0.4, -0.2) is 35.0 Å². The lowest BCUT2D eigenvalue weighted by Crippen LogP contribution is -2.29. The van der Waals surface area contributed by atoms with Crippen LogP contribution in [0, 0.1) is 6.92 Å². The van der Waals surface area contributed by atoms with E-state index in [2.05, 4.69) is 10.3 Å². The second kappa shape index (κ2) is 8.77. The lowest BCUT2D eigenvalue weighted by Gasteiger charge is -2.18. The number of imidazole rings is 1. The number of pyridine rings is 1. The molecule has 7 heteroatoms. The standard InChI is InChI=1S/C22H25N3O4/c1-5-17(15-9-7-10-16(13-15)22(27)28-4)24-21(26)19-14(3)23-20-18(29-6-2)11-8-12-25(19)20/h7-13,17H,5-6H2,1-4H3,(H,24,26)/t17-/m0/s1. The second-order valence-electron chi connectivity index (χ2n) is 6.60. The predicted octanol–water partition coefficient (Wildman–Crippen LogP) is 3.71. The summed E-state index contributed by atoms with van der Waals surface area (Å²) in [6, 6.07) is 10.5. The van der Waals surface area contributed by atoms with Crippen LogP contribution < -0.4 is 10.1 Å². The molecule has 0 spiro atoms. The van der Waals surface area contributed by atoms with Gasteiger partial charge >= 0.3 is 5.97 Å². The maximum Gasteiger partial charge on any atom is 0.337 e. The number of nitrogens with one attached hydrogen (secondary N) is 1. The van der Waals surface area contributed by atoms with Crippen molar-refractivity contribution in [3.8, 4) is 5.75 Å². The minimum absolute atomic E-state index is 0.237. The van der Waals surface area contributed by atoms with Gasteiger partial charge in [0.05, 0.1) is 31.0 Å². The van der Waals surface area contributed by atoms with Crippen LogP contribution in [0.3, 0.4) is 0 Å². The van der Waals surface area contributed by atoms with E-state index in [0.29, 0.717) is 41.4 Å². The molecule has 0 saturated carbocycles. The highest BCUT2D eigenvalue weighted by Crippen LogP contribution is 2.24. The molecule has 3 rings (SSSR count). The van der Waals surface area contributed by atoms with Crippen molar-refractivity contribution in [3.05, 3.63) is 65.1 Å². The first-order valence-electron chi connectivity index (χ1n) is 9.59. The van der Waals surface area contributed by atoms with Gasteiger partial charge in [-0.2, -0.15) is 0 Å². The minimum atomic E-state index is -0.408. The number of carbonyl (C=O) groups excluding carboxylic acids is 2. The fourth-order valence-corrected chi connectivity index (χ4v) is 3.35. The maximum absolute atomic E-state index is 13.1. The number of esters is 1. The molecule has 152 valence electrons. The number of rotatable bonds is 7. The Kier molecular flexibility index (Phi) is 6.16. The van der Waals surface area contributed by atoms with Crippen LogP contribution in [0.15, 0.2) is 42.6 Å². The molecule has 1 amide bonds. The zero-order chi connectivity index (χ0) is 21.0. The first kappa shape index (κ1) is 20.4. The molecule has 0 bridgehead atoms. The van der Waals surface area contributed by atoms with E-state index >= 15 is 0 Å². The van der Waals surface area contributed by atoms with Gasteiger partial charge in [0.1, 0.15) is 5.69 Å². The number of aryl methyl sites for hydroxylation is 1. The zero-order valence-corrected chi connectivity index (χ0v) is 17.1. The lowest BCUT2D eigenvalue weighted by molar-refractivity contribution is 0.0600. The highest BCUT2D eigenvalue weighted by atomic mass is 16.5. The van der Waals surface area contributed by atoms with Crippen molar-refractivity contribution in [3.63, 3.8) is 0 Å². The first-order valence-corrected chi connectivity index (χ1v) is 9.59. The molecule has 0 fully saturated rings. The van der Waals surface area contributed by atoms with Crippen molar-refractivity contribution in [1.82, 2.24) is 14.7 Å². The van der Waals surface area contributed by atoms with Crippen molar-refractivity contribution in [2.75, 3.05) is 13.7 Å². The Hall–Kier alpha value is -3.35. The van der Waals surface area contributed by atoms with Crippen molar-refractivity contribution < 1.29 is 19.1 Å². The van der Waals surface area contributed by atoms with Gasteiger partial charge in [-0.15, -0.1) is 0 Å². The third-order valence-electron chi connectivity index (χ3n) is 4.73. The van der Waals surface area contributed by atoms with Crippen molar-refractivity contribution in [2.24, 2.45) is 0 Å². The first-order chi connectivity index (χ1) is 14.0. The number of nitrogens with zero attached hydrogens (tertiary/aromatic N) is 2. The maximum atomic E-state index is 13.1. The Morgan fingerprint density at radius 3 is 2.69 bits per heavy atom. The number of amides is 1. The van der Waals surface area contributed by atoms with E-state index in [1.807, 2.05) is 32.0 Å². The summed E-state index contributed by atoms with van der Waals surface area (Å²) in [5, 5.41) is 3.06. The molecule has 7 nitrogen and oxygen atoms in total. The summed E-state index contributed by atoms with van der Waals surface area (Å²) >= 11 is 0. The smallest absolute Gasteiger partial charge is 0.337 e. The van der Waals surface area contributed by atoms with Crippen LogP contribution >= 0.6 is 0 Å². The molecule has 0 radical (unpaired) electrons. The molecule has 0 aliphatic carbocycles. The monoisotopic (exact) mass is 395 g/mol. The molecule has 0 aliphatic rings. The van der Waals surface area contributed by atoms with Gasteiger partial charge in [-0.3, -0.25) is 9.20 Å². The largest absolute Gasteiger partial charge is 0.490 e. The number of ether oxygens (including phenoxy) is 2. The molecule has 1 N–H and O–H groups in total. The topological polar surface area (TPSA) is 81.9 Å². The number of benzene rings is 1. The molecule has 1 aromatic carbocycles. The van der Waals surface area contributed by atoms with Crippen LogP contribution in [-0.2, 0) is 4.74 Å². The molecule has 3 aromatic rings. The number of methoxy groups -OCH3 is 1. The van der Waals surface area contributed by atoms with Crippen LogP contribution in [0.5, 0.6) is 5.75 Å². The van der Waals surface area contributed by atoms with E-state index < -0.39 is 5.97 Å². The van der Waals surface area contributed by atoms with E-state index in [1.165, 1.54) is 7.11 Å². The van der Waals surface area contributed by atoms with Gasteiger partial charge in [-0.1, -0.05) is 19.1 Å². The quantitative estimate of drug-likeness (QED) is 0.617. The number of hydrogen-bond acceptors (Lipinski definition) is 5. The Balaban J connectivity index is 1.92. The average Bonchev–Trinajstić information content (AvgIpc) is 3.08. The van der Waals surface area contributed by atoms with E-state index in [4.69, 9.17) is 9.47 Å². The number of carbonyl (C=O) groups is 2. The average molecular weight is 395 g/mol. The van der Waals surface area contributed by atoms with E-state index in [-0.39, 0.29) is 11.9 Å². The lowest BCUT2D eigenvalue weighted by atomic mass is 10.0. The Morgan fingerprint density at radius 2 is 2.00 bits per heavy atom. The molecule has 29 heavy (non-hydrogen) atoms. The molecule has 0 aliphatic heterocycles. The molecule has 0 unspecified atom stereocenters. The van der Waals surface area contributed by atoms with Crippen LogP contribution in [0.1, 0.15) is 58.4 Å². The summed E-state index contributed by atoms with van der Waals surface area (Å²) in [6.07, 6.45) is 2.46. The van der Waals surface area contributed by atoms with Gasteiger partial charge in [0.25, 0.3) is 5.91 Å². The van der Waals surface area contributed by atoms with E-state index in [0.717, 1.165) is 5.56 Å². The Morgan fingerprint density at radius 1 is 1.21 bits per heavy atom. The van der Waals surface area contributed by atoms with Crippen LogP contribution in [0.4, 0.5) is 0 Å². The summed E-state index contributed by atoms with van der Waals surface area (Å²) in [5.41, 5.74) is 2.98. The number of aromatic nitrogens is 2. The normalized spacial score (nSPS) is 11.9. The fraction of sp³-hybridized carbons (Fsp3) is 0.318. The van der Waals surface area contributed by atoms with Gasteiger partial charge in [0.2, 0.25) is 0 Å². The van der Waals surface area contributed by atoms with Crippen molar-refractivity contribution in [1.29, 1.82) is 0 Å². The van der Waals surface area contributed by atoms with E-state index in [9.17, 15) is 9.59 Å². The number of fused-ring (bicyclic) bond motifs is 1. The van der Waals surface area contributed by atoms with Gasteiger partial charge in [-0.25, -0.2) is 9.78 Å². The molecular weight excluding hydrogens is 370 g/mol. The van der Waals surface area contributed by atoms with Crippen molar-refractivity contribution in [2.45, 2.75) is 33.2 Å². The molecular formula is C22H25N3O4. The Bertz CT molecular complexity index is 1040. The third-order valence-corrected chi connectivity index (χ3v) is 4.73. The third kappa shape index (κ3) is 4.08. The molecule has 2 heterocycles. The number of hydrogen-bond donors (Lipinski definition) is 1. The van der Waals surface area contributed by atoms with Gasteiger partial charge < -0.3 is 14.8 Å². The van der Waals surface area contributed by atoms with E-state index in [1.54, 1.807) is 35.7 Å². The predicted molar refractivity (Wildman–Crippen MR) is 109 cm³/mol. The summed E-state index contributed by atoms with van der Waals surface area (Å²) < 4.78 is 12.2. The van der Waals surface area contributed by atoms with Crippen LogP contribution in [0.2, 0.25) is 0 Å². The molecule has 0 saturated heterocycles. The van der Waals surface area contributed by atoms with Gasteiger partial charge in [0, 0.05) is 6.20 Å². The second-order valence-corrected chi connectivity index (χ2v) is 6.60. The summed E-state index contributed by atoms with van der Waals surface area (Å²) in [7, 11) is 1.35. The SMILES string of the molecule is CCOc1cccn2c(C(=O)N[C@@H](CC)c3cccc(C(=O)OC)c3)c(C)nc12. The van der Waals surface area contributed by atoms with Crippen LogP contribution in [0.25, 0.3) is 5.65 Å². The summed E-state index contributed by atoms with van der Waals surface area (Å²) in [4.78, 5) is 29.5. The zero-order valence-electron chi connectivity index (χ0n) is 17.1. The van der Waals surface area contributed by atoms with Crippen molar-refractivity contribution >= 4 is 17.5 Å². The molecule has 1 atom stereocenters. The summed E-state index contributed by atoms with van der Waals surface area (Å²) in [6.45, 7) is 6.20. The Labute approximate surface area is 169 Å². The minimum Gasteiger partial charge on any atom is -0.490 e. The van der Waals surface area contributed by atoms with Gasteiger partial charge in [0.15, 0.2) is 11.4 Å². The summed E-state index contributed by atoms with van der Waals surface area (Å²) in [5.74, 6) is -0.0111. The molecule has 2 aromatic heterocycles. The fourth-order valence-electron chi connectivity index (χ4n) is 3.35. The van der Waals surface area contributed by atoms with Gasteiger partial charge in [-0.05, 0) is 50.1 Å². The highest BCUT2D eigenvalue weighted by Gasteiger charge is 2.22. The highest BCUT2D eigenvalue weighted by molar-refractivity contribution is 5.95.